The number of carbonyl (C=O) groups excluding carboxylic acids is 3. The van der Waals surface area contributed by atoms with E-state index in [9.17, 15) is 14.4 Å². The van der Waals surface area contributed by atoms with Gasteiger partial charge < -0.3 is 35.7 Å². The number of hydrogen-bond donors (Lipinski definition) is 3. The number of rotatable bonds is 22. The van der Waals surface area contributed by atoms with E-state index in [1.165, 1.54) is 5.56 Å². The second-order valence-corrected chi connectivity index (χ2v) is 15.5. The van der Waals surface area contributed by atoms with Crippen molar-refractivity contribution in [1.29, 1.82) is 0 Å². The summed E-state index contributed by atoms with van der Waals surface area (Å²) >= 11 is 1.61. The Labute approximate surface area is 339 Å². The Morgan fingerprint density at radius 1 is 0.982 bits per heavy atom. The summed E-state index contributed by atoms with van der Waals surface area (Å²) in [7, 11) is 0. The molecule has 2 aliphatic heterocycles. The highest BCUT2D eigenvalue weighted by molar-refractivity contribution is 7.13. The van der Waals surface area contributed by atoms with Gasteiger partial charge in [0.05, 0.1) is 60.3 Å². The van der Waals surface area contributed by atoms with Crippen LogP contribution < -0.4 is 26.4 Å². The van der Waals surface area contributed by atoms with Crippen LogP contribution in [0.25, 0.3) is 10.4 Å². The summed E-state index contributed by atoms with van der Waals surface area (Å²) in [6, 6.07) is 19.3. The molecule has 0 fully saturated rings. The predicted molar refractivity (Wildman–Crippen MR) is 221 cm³/mol. The highest BCUT2D eigenvalue weighted by Gasteiger charge is 2.41. The Morgan fingerprint density at radius 3 is 2.49 bits per heavy atom. The summed E-state index contributed by atoms with van der Waals surface area (Å²) in [5, 5.41) is 3.11. The summed E-state index contributed by atoms with van der Waals surface area (Å²) in [5.74, 6) is 0.0524. The van der Waals surface area contributed by atoms with Crippen molar-refractivity contribution in [3.8, 4) is 16.2 Å². The lowest BCUT2D eigenvalue weighted by molar-refractivity contribution is -0.128. The Morgan fingerprint density at radius 2 is 1.74 bits per heavy atom. The van der Waals surface area contributed by atoms with Gasteiger partial charge in [0.2, 0.25) is 17.7 Å². The van der Waals surface area contributed by atoms with Crippen LogP contribution in [0, 0.1) is 6.92 Å². The first-order chi connectivity index (χ1) is 27.7. The van der Waals surface area contributed by atoms with E-state index in [4.69, 9.17) is 30.4 Å². The molecule has 4 aromatic rings. The number of aryl methyl sites for hydroxylation is 3. The molecule has 6 rings (SSSR count). The third-order valence-corrected chi connectivity index (χ3v) is 11.6. The number of nitrogens with one attached hydrogen (secondary N) is 1. The number of aromatic nitrogens is 1. The molecule has 3 amide bonds. The lowest BCUT2D eigenvalue weighted by Gasteiger charge is -2.29. The number of ether oxygens (including phenoxy) is 4. The van der Waals surface area contributed by atoms with E-state index in [-0.39, 0.29) is 18.2 Å². The molecule has 0 saturated carbocycles. The molecule has 0 spiro atoms. The standard InChI is InChI=1S/C44H55N5O7S/c1-29-43(57-28-47-29)35-15-16-36(26-45)39(25-35)55-23-22-54-21-20-53-19-5-6-31-11-13-32(14-12-31)27-56-30(2)37(17-18-40(46)50)48-44(52)38-24-34-9-3-7-33-8-4-10-41(51)49(38)42(33)34/h3,7,9,11-16,25,28,30,37-38H,4-6,8,10,17-24,26-27,45H2,1-2H3,(H2,46,50)(H,48,52)/t30-,37+,38+/m1/s1. The molecule has 0 radical (unpaired) electrons. The molecule has 2 aliphatic rings. The van der Waals surface area contributed by atoms with Crippen LogP contribution in [0.4, 0.5) is 5.69 Å². The van der Waals surface area contributed by atoms with E-state index in [2.05, 4.69) is 28.5 Å². The fraction of sp³-hybridized carbons (Fsp3) is 0.455. The van der Waals surface area contributed by atoms with Crippen molar-refractivity contribution in [3.63, 3.8) is 0 Å². The minimum atomic E-state index is -0.633. The molecule has 12 nitrogen and oxygen atoms in total. The van der Waals surface area contributed by atoms with Crippen molar-refractivity contribution in [1.82, 2.24) is 10.3 Å². The van der Waals surface area contributed by atoms with E-state index in [1.54, 1.807) is 16.2 Å². The second kappa shape index (κ2) is 20.7. The number of carbonyl (C=O) groups is 3. The number of hydrogen-bond acceptors (Lipinski definition) is 10. The Hall–Kier alpha value is -4.66. The third-order valence-electron chi connectivity index (χ3n) is 10.6. The van der Waals surface area contributed by atoms with Crippen LogP contribution in [-0.2, 0) is 61.0 Å². The van der Waals surface area contributed by atoms with Crippen molar-refractivity contribution in [2.75, 3.05) is 37.9 Å². The van der Waals surface area contributed by atoms with Gasteiger partial charge in [-0.2, -0.15) is 0 Å². The molecule has 57 heavy (non-hydrogen) atoms. The van der Waals surface area contributed by atoms with E-state index in [1.807, 2.05) is 61.8 Å². The molecular formula is C44H55N5O7S. The molecule has 3 heterocycles. The van der Waals surface area contributed by atoms with Gasteiger partial charge in [-0.25, -0.2) is 4.98 Å². The number of nitrogens with zero attached hydrogens (tertiary/aromatic N) is 2. The van der Waals surface area contributed by atoms with Gasteiger partial charge in [-0.3, -0.25) is 19.3 Å². The minimum absolute atomic E-state index is 0.0286. The van der Waals surface area contributed by atoms with Gasteiger partial charge in [-0.05, 0) is 79.8 Å². The maximum Gasteiger partial charge on any atom is 0.243 e. The maximum absolute atomic E-state index is 13.8. The molecule has 13 heteroatoms. The van der Waals surface area contributed by atoms with Crippen LogP contribution in [0.2, 0.25) is 0 Å². The Balaban J connectivity index is 0.876. The minimum Gasteiger partial charge on any atom is -0.491 e. The van der Waals surface area contributed by atoms with Gasteiger partial charge in [-0.1, -0.05) is 54.6 Å². The number of anilines is 1. The average Bonchev–Trinajstić information content (AvgIpc) is 3.79. The van der Waals surface area contributed by atoms with Gasteiger partial charge >= 0.3 is 0 Å². The zero-order valence-corrected chi connectivity index (χ0v) is 33.8. The first kappa shape index (κ1) is 42.0. The normalized spacial score (nSPS) is 15.9. The lowest BCUT2D eigenvalue weighted by atomic mass is 10.0. The summed E-state index contributed by atoms with van der Waals surface area (Å²) in [4.78, 5) is 45.8. The number of para-hydroxylation sites is 1. The molecule has 304 valence electrons. The highest BCUT2D eigenvalue weighted by Crippen LogP contribution is 2.39. The van der Waals surface area contributed by atoms with Crippen LogP contribution in [0.5, 0.6) is 5.75 Å². The quantitative estimate of drug-likeness (QED) is 0.0862. The van der Waals surface area contributed by atoms with E-state index in [0.717, 1.165) is 75.5 Å². The SMILES string of the molecule is Cc1ncsc1-c1ccc(CN)c(OCCOCCOCCCc2ccc(CO[C@H](C)[C@H](CCC(N)=O)NC(=O)[C@@H]3Cc4cccc5c4N3C(=O)CCC5)cc2)c1. The van der Waals surface area contributed by atoms with Crippen LogP contribution in [0.1, 0.15) is 72.5 Å². The van der Waals surface area contributed by atoms with E-state index < -0.39 is 24.1 Å². The number of thiazole rings is 1. The second-order valence-electron chi connectivity index (χ2n) is 14.7. The lowest BCUT2D eigenvalue weighted by Crippen LogP contribution is -2.53. The van der Waals surface area contributed by atoms with Crippen molar-refractivity contribution >= 4 is 34.7 Å². The van der Waals surface area contributed by atoms with Crippen LogP contribution in [0.15, 0.2) is 66.2 Å². The van der Waals surface area contributed by atoms with Crippen molar-refractivity contribution in [2.24, 2.45) is 11.5 Å². The van der Waals surface area contributed by atoms with Crippen molar-refractivity contribution in [3.05, 3.63) is 99.7 Å². The van der Waals surface area contributed by atoms with Crippen molar-refractivity contribution < 1.29 is 33.3 Å². The Bertz CT molecular complexity index is 1970. The fourth-order valence-electron chi connectivity index (χ4n) is 7.47. The molecule has 1 aromatic heterocycles. The first-order valence-electron chi connectivity index (χ1n) is 19.9. The average molecular weight is 798 g/mol. The summed E-state index contributed by atoms with van der Waals surface area (Å²) in [6.45, 7) is 7.13. The largest absolute Gasteiger partial charge is 0.491 e. The fourth-order valence-corrected chi connectivity index (χ4v) is 8.27. The zero-order chi connectivity index (χ0) is 40.1. The predicted octanol–water partition coefficient (Wildman–Crippen LogP) is 5.57. The highest BCUT2D eigenvalue weighted by atomic mass is 32.1. The molecule has 0 saturated heterocycles. The summed E-state index contributed by atoms with van der Waals surface area (Å²) < 4.78 is 23.8. The molecule has 3 aromatic carbocycles. The molecular weight excluding hydrogens is 743 g/mol. The van der Waals surface area contributed by atoms with Gasteiger partial charge in [0.25, 0.3) is 0 Å². The summed E-state index contributed by atoms with van der Waals surface area (Å²) in [5.41, 5.74) is 21.5. The van der Waals surface area contributed by atoms with E-state index >= 15 is 0 Å². The van der Waals surface area contributed by atoms with Crippen LogP contribution in [0.3, 0.4) is 0 Å². The van der Waals surface area contributed by atoms with E-state index in [0.29, 0.717) is 65.4 Å². The topological polar surface area (TPSA) is 168 Å². The van der Waals surface area contributed by atoms with Crippen LogP contribution >= 0.6 is 11.3 Å². The summed E-state index contributed by atoms with van der Waals surface area (Å²) in [6.07, 6.45) is 4.25. The maximum atomic E-state index is 13.8. The first-order valence-corrected chi connectivity index (χ1v) is 20.8. The van der Waals surface area contributed by atoms with Gasteiger partial charge in [0.1, 0.15) is 18.4 Å². The third kappa shape index (κ3) is 11.3. The zero-order valence-electron chi connectivity index (χ0n) is 33.0. The van der Waals surface area contributed by atoms with Gasteiger partial charge in [0.15, 0.2) is 0 Å². The number of benzene rings is 3. The number of primary amides is 1. The number of amides is 3. The van der Waals surface area contributed by atoms with Gasteiger partial charge in [-0.15, -0.1) is 11.3 Å². The molecule has 0 bridgehead atoms. The van der Waals surface area contributed by atoms with Crippen LogP contribution in [-0.4, -0.2) is 73.9 Å². The van der Waals surface area contributed by atoms with Gasteiger partial charge in [0, 0.05) is 38.0 Å². The van der Waals surface area contributed by atoms with Crippen molar-refractivity contribution in [2.45, 2.75) is 96.6 Å². The Kier molecular flexibility index (Phi) is 15.2. The monoisotopic (exact) mass is 797 g/mol. The molecule has 3 atom stereocenters. The molecule has 5 N–H and O–H groups in total. The smallest absolute Gasteiger partial charge is 0.243 e. The number of nitrogens with two attached hydrogens (primary N) is 2. The molecule has 0 aliphatic carbocycles. The molecule has 0 unspecified atom stereocenters.